The third-order valence-electron chi connectivity index (χ3n) is 2.41. The van der Waals surface area contributed by atoms with Crippen LogP contribution >= 0.6 is 55.1 Å². The zero-order valence-corrected chi connectivity index (χ0v) is 13.9. The minimum atomic E-state index is 0.691. The van der Waals surface area contributed by atoms with Crippen LogP contribution in [0.3, 0.4) is 0 Å². The summed E-state index contributed by atoms with van der Waals surface area (Å²) in [5.74, 6) is 0. The van der Waals surface area contributed by atoms with Crippen molar-refractivity contribution in [1.29, 1.82) is 0 Å². The van der Waals surface area contributed by atoms with E-state index in [4.69, 9.17) is 23.2 Å². The standard InChI is InChI=1S/C13H9Br2Cl2N/c14-11-4-3-10(17)6-13(11)18-7-8-1-2-9(16)5-12(8)15/h1-6,18H,7H2. The van der Waals surface area contributed by atoms with Gasteiger partial charge in [-0.15, -0.1) is 0 Å². The number of benzene rings is 2. The van der Waals surface area contributed by atoms with Gasteiger partial charge in [-0.2, -0.15) is 0 Å². The minimum Gasteiger partial charge on any atom is -0.380 e. The van der Waals surface area contributed by atoms with Gasteiger partial charge in [0.1, 0.15) is 0 Å². The molecule has 0 heterocycles. The lowest BCUT2D eigenvalue weighted by molar-refractivity contribution is 1.13. The van der Waals surface area contributed by atoms with Crippen LogP contribution in [0.4, 0.5) is 5.69 Å². The highest BCUT2D eigenvalue weighted by molar-refractivity contribution is 9.11. The smallest absolute Gasteiger partial charge is 0.0502 e. The summed E-state index contributed by atoms with van der Waals surface area (Å²) in [6.45, 7) is 0.691. The Bertz CT molecular complexity index is 573. The fourth-order valence-electron chi connectivity index (χ4n) is 1.49. The highest BCUT2D eigenvalue weighted by atomic mass is 79.9. The van der Waals surface area contributed by atoms with E-state index in [1.54, 1.807) is 0 Å². The molecule has 0 aliphatic heterocycles. The molecule has 2 aromatic carbocycles. The summed E-state index contributed by atoms with van der Waals surface area (Å²) in [6, 6.07) is 11.4. The van der Waals surface area contributed by atoms with E-state index in [1.807, 2.05) is 36.4 Å². The summed E-state index contributed by atoms with van der Waals surface area (Å²) in [4.78, 5) is 0. The van der Waals surface area contributed by atoms with Crippen LogP contribution in [-0.2, 0) is 6.54 Å². The third kappa shape index (κ3) is 3.64. The summed E-state index contributed by atoms with van der Waals surface area (Å²) in [5.41, 5.74) is 2.09. The Labute approximate surface area is 133 Å². The van der Waals surface area contributed by atoms with Crippen molar-refractivity contribution in [3.63, 3.8) is 0 Å². The highest BCUT2D eigenvalue weighted by Gasteiger charge is 2.03. The van der Waals surface area contributed by atoms with Crippen molar-refractivity contribution in [2.75, 3.05) is 5.32 Å². The van der Waals surface area contributed by atoms with E-state index in [-0.39, 0.29) is 0 Å². The van der Waals surface area contributed by atoms with Crippen LogP contribution in [0.1, 0.15) is 5.56 Å². The van der Waals surface area contributed by atoms with E-state index in [0.29, 0.717) is 11.6 Å². The number of anilines is 1. The predicted octanol–water partition coefficient (Wildman–Crippen LogP) is 6.13. The Hall–Kier alpha value is -0.220. The molecule has 0 atom stereocenters. The van der Waals surface area contributed by atoms with Crippen molar-refractivity contribution in [2.45, 2.75) is 6.54 Å². The highest BCUT2D eigenvalue weighted by Crippen LogP contribution is 2.28. The Kier molecular flexibility index (Phi) is 4.96. The van der Waals surface area contributed by atoms with Crippen LogP contribution in [0.15, 0.2) is 45.3 Å². The molecule has 5 heteroatoms. The SMILES string of the molecule is Clc1ccc(CNc2cc(Cl)ccc2Br)c(Br)c1. The lowest BCUT2D eigenvalue weighted by atomic mass is 10.2. The quantitative estimate of drug-likeness (QED) is 0.642. The molecule has 18 heavy (non-hydrogen) atoms. The van der Waals surface area contributed by atoms with Gasteiger partial charge >= 0.3 is 0 Å². The van der Waals surface area contributed by atoms with E-state index in [0.717, 1.165) is 25.2 Å². The number of rotatable bonds is 3. The molecule has 1 N–H and O–H groups in total. The molecule has 0 aliphatic rings. The maximum absolute atomic E-state index is 5.96. The van der Waals surface area contributed by atoms with Crippen molar-refractivity contribution >= 4 is 60.7 Å². The maximum Gasteiger partial charge on any atom is 0.0502 e. The molecule has 94 valence electrons. The molecule has 0 unspecified atom stereocenters. The molecule has 0 spiro atoms. The van der Waals surface area contributed by atoms with Gasteiger partial charge in [-0.3, -0.25) is 0 Å². The van der Waals surface area contributed by atoms with Crippen molar-refractivity contribution in [1.82, 2.24) is 0 Å². The Morgan fingerprint density at radius 3 is 2.28 bits per heavy atom. The van der Waals surface area contributed by atoms with Gasteiger partial charge in [0.25, 0.3) is 0 Å². The second-order valence-corrected chi connectivity index (χ2v) is 6.29. The summed E-state index contributed by atoms with van der Waals surface area (Å²) in [6.07, 6.45) is 0. The average molecular weight is 410 g/mol. The van der Waals surface area contributed by atoms with E-state index in [9.17, 15) is 0 Å². The number of halogens is 4. The lowest BCUT2D eigenvalue weighted by Crippen LogP contribution is -2.00. The second-order valence-electron chi connectivity index (χ2n) is 3.71. The number of nitrogens with one attached hydrogen (secondary N) is 1. The fourth-order valence-corrected chi connectivity index (χ4v) is 2.87. The minimum absolute atomic E-state index is 0.691. The van der Waals surface area contributed by atoms with Gasteiger partial charge in [-0.05, 0) is 51.8 Å². The van der Waals surface area contributed by atoms with Crippen LogP contribution in [-0.4, -0.2) is 0 Å². The molecule has 1 nitrogen and oxygen atoms in total. The van der Waals surface area contributed by atoms with Crippen LogP contribution in [0, 0.1) is 0 Å². The summed E-state index contributed by atoms with van der Waals surface area (Å²) >= 11 is 18.8. The van der Waals surface area contributed by atoms with Crippen LogP contribution < -0.4 is 5.32 Å². The monoisotopic (exact) mass is 407 g/mol. The number of hydrogen-bond donors (Lipinski definition) is 1. The molecule has 0 aliphatic carbocycles. The first-order valence-corrected chi connectivity index (χ1v) is 7.53. The van der Waals surface area contributed by atoms with Gasteiger partial charge in [0.15, 0.2) is 0 Å². The zero-order valence-electron chi connectivity index (χ0n) is 9.18. The first-order valence-electron chi connectivity index (χ1n) is 5.19. The maximum atomic E-state index is 5.96. The molecule has 2 aromatic rings. The second kappa shape index (κ2) is 6.29. The summed E-state index contributed by atoms with van der Waals surface area (Å²) in [7, 11) is 0. The van der Waals surface area contributed by atoms with Gasteiger partial charge < -0.3 is 5.32 Å². The fraction of sp³-hybridized carbons (Fsp3) is 0.0769. The Balaban J connectivity index is 2.13. The van der Waals surface area contributed by atoms with Gasteiger partial charge in [-0.25, -0.2) is 0 Å². The molecular formula is C13H9Br2Cl2N. The normalized spacial score (nSPS) is 10.4. The first kappa shape index (κ1) is 14.2. The van der Waals surface area contributed by atoms with Crippen LogP contribution in [0.5, 0.6) is 0 Å². The van der Waals surface area contributed by atoms with E-state index in [1.165, 1.54) is 0 Å². The van der Waals surface area contributed by atoms with E-state index >= 15 is 0 Å². The first-order chi connectivity index (χ1) is 8.56. The van der Waals surface area contributed by atoms with Crippen LogP contribution in [0.25, 0.3) is 0 Å². The topological polar surface area (TPSA) is 12.0 Å². The number of hydrogen-bond acceptors (Lipinski definition) is 1. The molecule has 0 bridgehead atoms. The summed E-state index contributed by atoms with van der Waals surface area (Å²) in [5, 5.41) is 4.75. The zero-order chi connectivity index (χ0) is 13.1. The van der Waals surface area contributed by atoms with E-state index < -0.39 is 0 Å². The third-order valence-corrected chi connectivity index (χ3v) is 4.31. The lowest BCUT2D eigenvalue weighted by Gasteiger charge is -2.10. The van der Waals surface area contributed by atoms with E-state index in [2.05, 4.69) is 37.2 Å². The largest absolute Gasteiger partial charge is 0.380 e. The molecule has 2 rings (SSSR count). The Morgan fingerprint density at radius 1 is 0.889 bits per heavy atom. The molecule has 0 amide bonds. The van der Waals surface area contributed by atoms with Crippen molar-refractivity contribution < 1.29 is 0 Å². The Morgan fingerprint density at radius 2 is 1.56 bits per heavy atom. The molecule has 0 fully saturated rings. The molecule has 0 aromatic heterocycles. The van der Waals surface area contributed by atoms with Crippen molar-refractivity contribution in [3.05, 3.63) is 61.0 Å². The summed E-state index contributed by atoms with van der Waals surface area (Å²) < 4.78 is 1.97. The van der Waals surface area contributed by atoms with Gasteiger partial charge in [-0.1, -0.05) is 45.2 Å². The molecule has 0 saturated carbocycles. The van der Waals surface area contributed by atoms with Crippen molar-refractivity contribution in [3.8, 4) is 0 Å². The van der Waals surface area contributed by atoms with Gasteiger partial charge in [0, 0.05) is 25.5 Å². The average Bonchev–Trinajstić information content (AvgIpc) is 2.32. The van der Waals surface area contributed by atoms with Crippen LogP contribution in [0.2, 0.25) is 10.0 Å². The predicted molar refractivity (Wildman–Crippen MR) is 85.6 cm³/mol. The molecule has 0 radical (unpaired) electrons. The molecular weight excluding hydrogens is 401 g/mol. The van der Waals surface area contributed by atoms with Gasteiger partial charge in [0.2, 0.25) is 0 Å². The van der Waals surface area contributed by atoms with Crippen molar-refractivity contribution in [2.24, 2.45) is 0 Å². The van der Waals surface area contributed by atoms with Gasteiger partial charge in [0.05, 0.1) is 5.69 Å². The molecule has 0 saturated heterocycles.